The molecule has 1 unspecified atom stereocenters. The Labute approximate surface area is 67.1 Å². The van der Waals surface area contributed by atoms with E-state index >= 15 is 0 Å². The van der Waals surface area contributed by atoms with Gasteiger partial charge in [0.25, 0.3) is 0 Å². The van der Waals surface area contributed by atoms with Crippen molar-refractivity contribution in [2.45, 2.75) is 12.7 Å². The van der Waals surface area contributed by atoms with Crippen molar-refractivity contribution in [3.05, 3.63) is 0 Å². The molecule has 0 aromatic heterocycles. The van der Waals surface area contributed by atoms with Gasteiger partial charge in [-0.3, -0.25) is 0 Å². The first-order chi connectivity index (χ1) is 4.88. The standard InChI is InChI=1S/C6H15N2O2P/c1-5(11(3,4)10)8-6(9)7-2/h5H,1-4H3,(H2,7,8,9). The van der Waals surface area contributed by atoms with Crippen LogP contribution in [0.15, 0.2) is 0 Å². The molecule has 0 bridgehead atoms. The van der Waals surface area contributed by atoms with E-state index in [2.05, 4.69) is 10.6 Å². The van der Waals surface area contributed by atoms with E-state index in [9.17, 15) is 9.36 Å². The van der Waals surface area contributed by atoms with Gasteiger partial charge in [0, 0.05) is 7.05 Å². The smallest absolute Gasteiger partial charge is 0.315 e. The van der Waals surface area contributed by atoms with Gasteiger partial charge in [-0.25, -0.2) is 4.79 Å². The van der Waals surface area contributed by atoms with Gasteiger partial charge in [-0.2, -0.15) is 0 Å². The molecule has 0 aliphatic carbocycles. The lowest BCUT2D eigenvalue weighted by Crippen LogP contribution is -2.38. The fourth-order valence-electron chi connectivity index (χ4n) is 0.417. The van der Waals surface area contributed by atoms with Crippen LogP contribution in [0.3, 0.4) is 0 Å². The minimum Gasteiger partial charge on any atom is -0.341 e. The zero-order chi connectivity index (χ0) is 9.07. The Morgan fingerprint density at radius 3 is 2.18 bits per heavy atom. The van der Waals surface area contributed by atoms with Crippen molar-refractivity contribution in [1.82, 2.24) is 10.6 Å². The van der Waals surface area contributed by atoms with Gasteiger partial charge in [-0.05, 0) is 20.3 Å². The summed E-state index contributed by atoms with van der Waals surface area (Å²) in [5.41, 5.74) is 0. The van der Waals surface area contributed by atoms with Crippen LogP contribution in [0.4, 0.5) is 4.79 Å². The number of urea groups is 1. The number of carbonyl (C=O) groups is 1. The number of hydrogen-bond donors (Lipinski definition) is 2. The lowest BCUT2D eigenvalue weighted by atomic mass is 10.7. The molecule has 1 atom stereocenters. The van der Waals surface area contributed by atoms with E-state index in [1.54, 1.807) is 20.3 Å². The van der Waals surface area contributed by atoms with E-state index in [-0.39, 0.29) is 11.8 Å². The Morgan fingerprint density at radius 1 is 1.45 bits per heavy atom. The highest BCUT2D eigenvalue weighted by atomic mass is 31.2. The van der Waals surface area contributed by atoms with Crippen molar-refractivity contribution in [3.63, 3.8) is 0 Å². The molecule has 5 heteroatoms. The van der Waals surface area contributed by atoms with Crippen LogP contribution < -0.4 is 10.6 Å². The molecule has 2 N–H and O–H groups in total. The third-order valence-electron chi connectivity index (χ3n) is 1.50. The Bertz CT molecular complexity index is 187. The van der Waals surface area contributed by atoms with Crippen molar-refractivity contribution in [2.75, 3.05) is 20.4 Å². The van der Waals surface area contributed by atoms with Gasteiger partial charge in [-0.1, -0.05) is 0 Å². The molecule has 4 nitrogen and oxygen atoms in total. The minimum atomic E-state index is -2.20. The summed E-state index contributed by atoms with van der Waals surface area (Å²) in [7, 11) is -0.670. The summed E-state index contributed by atoms with van der Waals surface area (Å²) in [6.07, 6.45) is 0. The first kappa shape index (κ1) is 10.5. The summed E-state index contributed by atoms with van der Waals surface area (Å²) in [4.78, 5) is 10.7. The normalized spacial score (nSPS) is 13.8. The second kappa shape index (κ2) is 3.77. The van der Waals surface area contributed by atoms with E-state index in [1.807, 2.05) is 0 Å². The van der Waals surface area contributed by atoms with Crippen LogP contribution in [-0.2, 0) is 4.57 Å². The molecule has 0 aliphatic rings. The van der Waals surface area contributed by atoms with Crippen LogP contribution in [0.1, 0.15) is 6.92 Å². The summed E-state index contributed by atoms with van der Waals surface area (Å²) in [6.45, 7) is 5.03. The van der Waals surface area contributed by atoms with E-state index in [1.165, 1.54) is 7.05 Å². The monoisotopic (exact) mass is 178 g/mol. The van der Waals surface area contributed by atoms with Gasteiger partial charge >= 0.3 is 6.03 Å². The Kier molecular flexibility index (Phi) is 3.59. The van der Waals surface area contributed by atoms with Crippen LogP contribution in [-0.4, -0.2) is 32.2 Å². The van der Waals surface area contributed by atoms with Crippen LogP contribution in [0.5, 0.6) is 0 Å². The molecular formula is C6H15N2O2P. The summed E-state index contributed by atoms with van der Waals surface area (Å²) in [5, 5.41) is 4.95. The fourth-order valence-corrected chi connectivity index (χ4v) is 0.845. The van der Waals surface area contributed by atoms with Crippen molar-refractivity contribution < 1.29 is 9.36 Å². The Hall–Kier alpha value is -0.500. The molecule has 66 valence electrons. The Balaban J connectivity index is 3.98. The predicted molar refractivity (Wildman–Crippen MR) is 46.5 cm³/mol. The van der Waals surface area contributed by atoms with E-state index in [4.69, 9.17) is 0 Å². The largest absolute Gasteiger partial charge is 0.341 e. The molecule has 0 fully saturated rings. The SMILES string of the molecule is CNC(=O)NC(C)P(C)(C)=O. The molecule has 0 spiro atoms. The molecule has 0 heterocycles. The summed E-state index contributed by atoms with van der Waals surface area (Å²) in [5.74, 6) is -0.262. The molecule has 0 radical (unpaired) electrons. The zero-order valence-corrected chi connectivity index (χ0v) is 8.24. The van der Waals surface area contributed by atoms with E-state index in [0.717, 1.165) is 0 Å². The average molecular weight is 178 g/mol. The molecule has 0 aliphatic heterocycles. The third kappa shape index (κ3) is 4.04. The summed E-state index contributed by atoms with van der Waals surface area (Å²) < 4.78 is 11.3. The summed E-state index contributed by atoms with van der Waals surface area (Å²) >= 11 is 0. The lowest BCUT2D eigenvalue weighted by Gasteiger charge is -2.17. The van der Waals surface area contributed by atoms with E-state index in [0.29, 0.717) is 0 Å². The molecule has 0 saturated carbocycles. The first-order valence-electron chi connectivity index (χ1n) is 3.41. The van der Waals surface area contributed by atoms with Gasteiger partial charge < -0.3 is 15.2 Å². The first-order valence-corrected chi connectivity index (χ1v) is 6.08. The second-order valence-corrected chi connectivity index (χ2v) is 6.48. The van der Waals surface area contributed by atoms with Crippen LogP contribution in [0.2, 0.25) is 0 Å². The van der Waals surface area contributed by atoms with Gasteiger partial charge in [0.2, 0.25) is 0 Å². The predicted octanol–water partition coefficient (Wildman–Crippen LogP) is 0.884. The molecule has 0 aromatic rings. The maximum Gasteiger partial charge on any atom is 0.315 e. The van der Waals surface area contributed by atoms with Gasteiger partial charge in [0.1, 0.15) is 7.14 Å². The number of nitrogens with one attached hydrogen (secondary N) is 2. The zero-order valence-electron chi connectivity index (χ0n) is 7.34. The van der Waals surface area contributed by atoms with Crippen molar-refractivity contribution >= 4 is 13.2 Å². The second-order valence-electron chi connectivity index (χ2n) is 2.83. The van der Waals surface area contributed by atoms with Crippen LogP contribution >= 0.6 is 7.14 Å². The van der Waals surface area contributed by atoms with Crippen molar-refractivity contribution in [2.24, 2.45) is 0 Å². The third-order valence-corrected chi connectivity index (χ3v) is 3.49. The number of rotatable bonds is 2. The number of amides is 2. The Morgan fingerprint density at radius 2 is 1.91 bits per heavy atom. The topological polar surface area (TPSA) is 58.2 Å². The van der Waals surface area contributed by atoms with E-state index < -0.39 is 7.14 Å². The molecule has 2 amide bonds. The van der Waals surface area contributed by atoms with Gasteiger partial charge in [0.05, 0.1) is 5.78 Å². The van der Waals surface area contributed by atoms with Crippen LogP contribution in [0.25, 0.3) is 0 Å². The highest BCUT2D eigenvalue weighted by molar-refractivity contribution is 7.63. The van der Waals surface area contributed by atoms with Gasteiger partial charge in [0.15, 0.2) is 0 Å². The lowest BCUT2D eigenvalue weighted by molar-refractivity contribution is 0.242. The molecule has 0 rings (SSSR count). The van der Waals surface area contributed by atoms with Gasteiger partial charge in [-0.15, -0.1) is 0 Å². The van der Waals surface area contributed by atoms with Crippen molar-refractivity contribution in [3.8, 4) is 0 Å². The quantitative estimate of drug-likeness (QED) is 0.617. The molecule has 0 aromatic carbocycles. The fraction of sp³-hybridized carbons (Fsp3) is 0.833. The number of carbonyl (C=O) groups excluding carboxylic acids is 1. The van der Waals surface area contributed by atoms with Crippen molar-refractivity contribution in [1.29, 1.82) is 0 Å². The highest BCUT2D eigenvalue weighted by Crippen LogP contribution is 2.40. The molecule has 0 saturated heterocycles. The maximum absolute atomic E-state index is 11.3. The molecular weight excluding hydrogens is 163 g/mol. The number of hydrogen-bond acceptors (Lipinski definition) is 2. The molecule has 11 heavy (non-hydrogen) atoms. The minimum absolute atomic E-state index is 0.262. The highest BCUT2D eigenvalue weighted by Gasteiger charge is 2.18. The van der Waals surface area contributed by atoms with Crippen LogP contribution in [0, 0.1) is 0 Å². The summed E-state index contributed by atoms with van der Waals surface area (Å²) in [6, 6.07) is -0.290. The maximum atomic E-state index is 11.3. The average Bonchev–Trinajstić information content (AvgIpc) is 1.85.